The van der Waals surface area contributed by atoms with Crippen molar-refractivity contribution >= 4 is 35.2 Å². The van der Waals surface area contributed by atoms with Crippen molar-refractivity contribution in [1.82, 2.24) is 9.97 Å². The molecule has 5 heteroatoms. The topological polar surface area (TPSA) is 38.9 Å². The van der Waals surface area contributed by atoms with E-state index in [2.05, 4.69) is 137 Å². The fraction of sp³-hybridized carbons (Fsp3) is 0.292. The van der Waals surface area contributed by atoms with E-state index in [0.29, 0.717) is 5.92 Å². The first-order valence-electron chi connectivity index (χ1n) is 19.0. The van der Waals surface area contributed by atoms with Crippen LogP contribution in [0.1, 0.15) is 68.6 Å². The second kappa shape index (κ2) is 16.9. The summed E-state index contributed by atoms with van der Waals surface area (Å²) in [5.74, 6) is 1.33. The van der Waals surface area contributed by atoms with Gasteiger partial charge in [0.2, 0.25) is 0 Å². The van der Waals surface area contributed by atoms with Gasteiger partial charge in [0.1, 0.15) is 5.58 Å². The van der Waals surface area contributed by atoms with E-state index < -0.39 is 8.07 Å². The van der Waals surface area contributed by atoms with Gasteiger partial charge in [0.25, 0.3) is 0 Å². The van der Waals surface area contributed by atoms with Gasteiger partial charge in [-0.25, -0.2) is 0 Å². The summed E-state index contributed by atoms with van der Waals surface area (Å²) in [4.78, 5) is 9.42. The van der Waals surface area contributed by atoms with Crippen LogP contribution in [0.15, 0.2) is 114 Å². The van der Waals surface area contributed by atoms with E-state index in [1.165, 1.54) is 49.7 Å². The van der Waals surface area contributed by atoms with Crippen LogP contribution < -0.4 is 5.19 Å². The Labute approximate surface area is 330 Å². The molecule has 3 nitrogen and oxygen atoms in total. The SMILES string of the molecule is C[Si](C)(C)c1cnc(-c2[c-]cccc2)cc1CC1CCCCC1.Cc1cnc(-c2[c-]cc3c(c2)oc2c(-c4ccccc4)cccc23)cc1C(C)C.[Ir]. The van der Waals surface area contributed by atoms with Gasteiger partial charge in [0.05, 0.1) is 13.7 Å². The average Bonchev–Trinajstić information content (AvgIpc) is 3.54. The number of hydrogen-bond donors (Lipinski definition) is 0. The molecule has 7 aromatic rings. The van der Waals surface area contributed by atoms with Crippen molar-refractivity contribution in [1.29, 1.82) is 0 Å². The van der Waals surface area contributed by atoms with E-state index in [9.17, 15) is 0 Å². The monoisotopic (exact) mass is 891 g/mol. The Morgan fingerprint density at radius 2 is 1.51 bits per heavy atom. The largest absolute Gasteiger partial charge is 0.476 e. The zero-order valence-electron chi connectivity index (χ0n) is 31.9. The molecule has 1 radical (unpaired) electrons. The molecule has 4 aromatic carbocycles. The van der Waals surface area contributed by atoms with E-state index in [1.54, 1.807) is 10.8 Å². The predicted molar refractivity (Wildman–Crippen MR) is 222 cm³/mol. The third kappa shape index (κ3) is 8.81. The van der Waals surface area contributed by atoms with E-state index in [1.807, 2.05) is 30.5 Å². The molecule has 0 amide bonds. The van der Waals surface area contributed by atoms with E-state index in [4.69, 9.17) is 9.40 Å². The Morgan fingerprint density at radius 3 is 2.23 bits per heavy atom. The number of pyridine rings is 2. The van der Waals surface area contributed by atoms with Crippen LogP contribution in [-0.4, -0.2) is 18.0 Å². The number of fused-ring (bicyclic) bond motifs is 3. The van der Waals surface area contributed by atoms with E-state index >= 15 is 0 Å². The number of furan rings is 1. The van der Waals surface area contributed by atoms with Crippen LogP contribution in [0.5, 0.6) is 0 Å². The minimum atomic E-state index is -1.36. The zero-order valence-corrected chi connectivity index (χ0v) is 35.3. The molecule has 0 spiro atoms. The van der Waals surface area contributed by atoms with E-state index in [0.717, 1.165) is 61.5 Å². The molecule has 0 bridgehead atoms. The first-order chi connectivity index (χ1) is 25.2. The van der Waals surface area contributed by atoms with Crippen LogP contribution in [0.2, 0.25) is 19.6 Å². The van der Waals surface area contributed by atoms with Crippen molar-refractivity contribution < 1.29 is 24.5 Å². The van der Waals surface area contributed by atoms with Crippen LogP contribution in [0, 0.1) is 25.0 Å². The molecule has 1 aliphatic carbocycles. The molecule has 0 N–H and O–H groups in total. The quantitative estimate of drug-likeness (QED) is 0.118. The first-order valence-corrected chi connectivity index (χ1v) is 22.5. The Morgan fingerprint density at radius 1 is 0.774 bits per heavy atom. The molecule has 0 unspecified atom stereocenters. The Bertz CT molecular complexity index is 2280. The van der Waals surface area contributed by atoms with Crippen molar-refractivity contribution in [3.05, 3.63) is 138 Å². The molecular formula is C48H50IrN2OSi-2. The van der Waals surface area contributed by atoms with Crippen LogP contribution in [0.3, 0.4) is 0 Å². The van der Waals surface area contributed by atoms with Crippen molar-refractivity contribution in [2.24, 2.45) is 5.92 Å². The van der Waals surface area contributed by atoms with Gasteiger partial charge in [-0.15, -0.1) is 53.6 Å². The number of benzene rings is 4. The maximum Gasteiger partial charge on any atom is 0.131 e. The van der Waals surface area contributed by atoms with Crippen molar-refractivity contribution in [2.45, 2.75) is 84.9 Å². The smallest absolute Gasteiger partial charge is 0.131 e. The third-order valence-electron chi connectivity index (χ3n) is 10.6. The molecule has 3 heterocycles. The van der Waals surface area contributed by atoms with Crippen LogP contribution in [0.25, 0.3) is 55.6 Å². The van der Waals surface area contributed by atoms with Crippen LogP contribution >= 0.6 is 0 Å². The second-order valence-corrected chi connectivity index (χ2v) is 20.9. The summed E-state index contributed by atoms with van der Waals surface area (Å²) < 4.78 is 6.35. The Hall–Kier alpha value is -4.15. The van der Waals surface area contributed by atoms with Gasteiger partial charge in [0.15, 0.2) is 0 Å². The molecule has 53 heavy (non-hydrogen) atoms. The molecule has 273 valence electrons. The molecule has 1 saturated carbocycles. The fourth-order valence-corrected chi connectivity index (χ4v) is 9.37. The summed E-state index contributed by atoms with van der Waals surface area (Å²) in [7, 11) is -1.36. The maximum atomic E-state index is 6.35. The number of para-hydroxylation sites is 1. The summed E-state index contributed by atoms with van der Waals surface area (Å²) in [6.07, 6.45) is 12.4. The number of aromatic nitrogens is 2. The normalized spacial score (nSPS) is 13.5. The minimum Gasteiger partial charge on any atom is -0.476 e. The Kier molecular flexibility index (Phi) is 12.3. The third-order valence-corrected chi connectivity index (χ3v) is 12.6. The van der Waals surface area contributed by atoms with E-state index in [-0.39, 0.29) is 20.1 Å². The molecule has 1 fully saturated rings. The molecule has 3 aromatic heterocycles. The van der Waals surface area contributed by atoms with Crippen molar-refractivity contribution in [3.63, 3.8) is 0 Å². The van der Waals surface area contributed by atoms with Gasteiger partial charge in [-0.05, 0) is 63.8 Å². The van der Waals surface area contributed by atoms with Gasteiger partial charge in [0, 0.05) is 38.1 Å². The van der Waals surface area contributed by atoms with Gasteiger partial charge < -0.3 is 14.4 Å². The molecule has 0 atom stereocenters. The second-order valence-electron chi connectivity index (χ2n) is 15.8. The van der Waals surface area contributed by atoms with Gasteiger partial charge in [-0.2, -0.15) is 0 Å². The summed E-state index contributed by atoms with van der Waals surface area (Å²) in [6.45, 7) is 13.8. The molecule has 1 aliphatic rings. The predicted octanol–water partition coefficient (Wildman–Crippen LogP) is 12.8. The zero-order chi connectivity index (χ0) is 36.2. The number of nitrogens with zero attached hydrogens (tertiary/aromatic N) is 2. The summed E-state index contributed by atoms with van der Waals surface area (Å²) in [6, 6.07) is 40.2. The fourth-order valence-electron chi connectivity index (χ4n) is 7.78. The van der Waals surface area contributed by atoms with Crippen LogP contribution in [0.4, 0.5) is 0 Å². The molecule has 0 aliphatic heterocycles. The Balaban J connectivity index is 0.000000183. The standard InChI is InChI=1S/C27H22NO.C21H28NSi.Ir/c1-17(2)24-15-25(28-16-18(24)3)20-12-13-22-23-11-7-10-21(19-8-5-4-6-9-19)27(23)29-26(22)14-20;1-23(2,3)21-16-22-20(18-12-8-5-9-13-18)15-19(21)14-17-10-6-4-7-11-17;/h4-11,13-17H,1-3H3;5,8-9,12,15-17H,4,6-7,10-11,14H2,1-3H3;/q2*-1;. The maximum absolute atomic E-state index is 6.35. The minimum absolute atomic E-state index is 0. The van der Waals surface area contributed by atoms with Gasteiger partial charge >= 0.3 is 0 Å². The van der Waals surface area contributed by atoms with Crippen LogP contribution in [-0.2, 0) is 26.5 Å². The number of rotatable bonds is 7. The summed E-state index contributed by atoms with van der Waals surface area (Å²) >= 11 is 0. The van der Waals surface area contributed by atoms with Crippen molar-refractivity contribution in [3.8, 4) is 33.6 Å². The molecule has 8 rings (SSSR count). The van der Waals surface area contributed by atoms with Crippen molar-refractivity contribution in [2.75, 3.05) is 0 Å². The number of hydrogen-bond acceptors (Lipinski definition) is 3. The molecular weight excluding hydrogens is 841 g/mol. The molecule has 0 saturated heterocycles. The van der Waals surface area contributed by atoms with Gasteiger partial charge in [-0.3, -0.25) is 0 Å². The average molecular weight is 891 g/mol. The summed E-state index contributed by atoms with van der Waals surface area (Å²) in [5, 5.41) is 3.74. The number of aryl methyl sites for hydroxylation is 1. The first kappa shape index (κ1) is 38.6. The van der Waals surface area contributed by atoms with Gasteiger partial charge in [-0.1, -0.05) is 143 Å². The summed E-state index contributed by atoms with van der Waals surface area (Å²) in [5.41, 5.74) is 12.2.